The SMILES string of the molecule is O=C(Nc1ccccc1Cl)c1ccnc(C(=O)NCC2CCCO2)c1. The van der Waals surface area contributed by atoms with Gasteiger partial charge in [-0.1, -0.05) is 23.7 Å². The van der Waals surface area contributed by atoms with Crippen LogP contribution in [0.15, 0.2) is 42.6 Å². The third-order valence-corrected chi connectivity index (χ3v) is 4.22. The highest BCUT2D eigenvalue weighted by Gasteiger charge is 2.18. The van der Waals surface area contributed by atoms with E-state index < -0.39 is 0 Å². The Labute approximate surface area is 150 Å². The van der Waals surface area contributed by atoms with Crippen molar-refractivity contribution in [1.29, 1.82) is 0 Å². The summed E-state index contributed by atoms with van der Waals surface area (Å²) in [4.78, 5) is 28.6. The molecule has 1 aromatic heterocycles. The summed E-state index contributed by atoms with van der Waals surface area (Å²) in [6, 6.07) is 9.95. The Balaban J connectivity index is 1.64. The number of nitrogens with zero attached hydrogens (tertiary/aromatic N) is 1. The molecule has 1 saturated heterocycles. The number of anilines is 1. The number of para-hydroxylation sites is 1. The molecule has 0 radical (unpaired) electrons. The molecule has 2 amide bonds. The lowest BCUT2D eigenvalue weighted by Crippen LogP contribution is -2.32. The first-order valence-electron chi connectivity index (χ1n) is 8.05. The van der Waals surface area contributed by atoms with Crippen LogP contribution in [0.4, 0.5) is 5.69 Å². The molecule has 1 fully saturated rings. The van der Waals surface area contributed by atoms with Crippen molar-refractivity contribution in [3.8, 4) is 0 Å². The summed E-state index contributed by atoms with van der Waals surface area (Å²) in [5.74, 6) is -0.688. The Hall–Kier alpha value is -2.44. The van der Waals surface area contributed by atoms with E-state index in [0.29, 0.717) is 22.8 Å². The highest BCUT2D eigenvalue weighted by molar-refractivity contribution is 6.33. The van der Waals surface area contributed by atoms with Gasteiger partial charge in [0, 0.05) is 24.9 Å². The van der Waals surface area contributed by atoms with Crippen LogP contribution < -0.4 is 10.6 Å². The standard InChI is InChI=1S/C18H18ClN3O3/c19-14-5-1-2-6-15(14)22-17(23)12-7-8-20-16(10-12)18(24)21-11-13-4-3-9-25-13/h1-2,5-8,10,13H,3-4,9,11H2,(H,21,24)(H,22,23). The number of pyridine rings is 1. The molecule has 1 aromatic carbocycles. The van der Waals surface area contributed by atoms with E-state index in [1.165, 1.54) is 12.3 Å². The van der Waals surface area contributed by atoms with Crippen LogP contribution >= 0.6 is 11.6 Å². The number of halogens is 1. The lowest BCUT2D eigenvalue weighted by Gasteiger charge is -2.11. The summed E-state index contributed by atoms with van der Waals surface area (Å²) in [5.41, 5.74) is 1.03. The molecule has 130 valence electrons. The topological polar surface area (TPSA) is 80.3 Å². The van der Waals surface area contributed by atoms with Gasteiger partial charge in [0.2, 0.25) is 0 Å². The van der Waals surface area contributed by atoms with Crippen LogP contribution in [0, 0.1) is 0 Å². The molecule has 7 heteroatoms. The van der Waals surface area contributed by atoms with Gasteiger partial charge in [-0.3, -0.25) is 14.6 Å². The molecule has 6 nitrogen and oxygen atoms in total. The number of ether oxygens (including phenoxy) is 1. The van der Waals surface area contributed by atoms with Crippen LogP contribution in [0.2, 0.25) is 5.02 Å². The summed E-state index contributed by atoms with van der Waals surface area (Å²) in [6.45, 7) is 1.17. The van der Waals surface area contributed by atoms with E-state index in [9.17, 15) is 9.59 Å². The zero-order valence-corrected chi connectivity index (χ0v) is 14.3. The summed E-state index contributed by atoms with van der Waals surface area (Å²) < 4.78 is 5.47. The number of hydrogen-bond donors (Lipinski definition) is 2. The van der Waals surface area contributed by atoms with Crippen LogP contribution in [-0.2, 0) is 4.74 Å². The molecule has 0 aliphatic carbocycles. The van der Waals surface area contributed by atoms with Gasteiger partial charge in [0.05, 0.1) is 16.8 Å². The predicted octanol–water partition coefficient (Wildman–Crippen LogP) is 2.90. The van der Waals surface area contributed by atoms with E-state index in [1.54, 1.807) is 30.3 Å². The number of carbonyl (C=O) groups excluding carboxylic acids is 2. The molecule has 0 saturated carbocycles. The second-order valence-corrected chi connectivity index (χ2v) is 6.12. The maximum absolute atomic E-state index is 12.4. The van der Waals surface area contributed by atoms with E-state index in [0.717, 1.165) is 19.4 Å². The monoisotopic (exact) mass is 359 g/mol. The second kappa shape index (κ2) is 8.09. The highest BCUT2D eigenvalue weighted by atomic mass is 35.5. The van der Waals surface area contributed by atoms with Crippen LogP contribution in [0.5, 0.6) is 0 Å². The Kier molecular flexibility index (Phi) is 5.63. The van der Waals surface area contributed by atoms with Gasteiger partial charge in [0.15, 0.2) is 0 Å². The van der Waals surface area contributed by atoms with E-state index in [2.05, 4.69) is 15.6 Å². The molecular weight excluding hydrogens is 342 g/mol. The minimum absolute atomic E-state index is 0.0515. The van der Waals surface area contributed by atoms with Crippen molar-refractivity contribution in [2.75, 3.05) is 18.5 Å². The minimum atomic E-state index is -0.358. The average Bonchev–Trinajstić information content (AvgIpc) is 3.15. The van der Waals surface area contributed by atoms with E-state index in [4.69, 9.17) is 16.3 Å². The molecule has 0 bridgehead atoms. The summed E-state index contributed by atoms with van der Waals surface area (Å²) in [6.07, 6.45) is 3.43. The number of hydrogen-bond acceptors (Lipinski definition) is 4. The third-order valence-electron chi connectivity index (χ3n) is 3.89. The number of carbonyl (C=O) groups is 2. The van der Waals surface area contributed by atoms with Gasteiger partial charge in [-0.25, -0.2) is 0 Å². The zero-order valence-electron chi connectivity index (χ0n) is 13.5. The minimum Gasteiger partial charge on any atom is -0.376 e. The van der Waals surface area contributed by atoms with E-state index in [-0.39, 0.29) is 23.6 Å². The van der Waals surface area contributed by atoms with Crippen LogP contribution in [-0.4, -0.2) is 36.1 Å². The number of aromatic nitrogens is 1. The van der Waals surface area contributed by atoms with E-state index >= 15 is 0 Å². The molecule has 1 unspecified atom stereocenters. The van der Waals surface area contributed by atoms with Gasteiger partial charge in [0.25, 0.3) is 11.8 Å². The Morgan fingerprint density at radius 1 is 1.24 bits per heavy atom. The maximum atomic E-state index is 12.4. The predicted molar refractivity (Wildman–Crippen MR) is 94.9 cm³/mol. The quantitative estimate of drug-likeness (QED) is 0.860. The van der Waals surface area contributed by atoms with Gasteiger partial charge in [-0.2, -0.15) is 0 Å². The first-order valence-corrected chi connectivity index (χ1v) is 8.43. The van der Waals surface area contributed by atoms with Gasteiger partial charge >= 0.3 is 0 Å². The number of nitrogens with one attached hydrogen (secondary N) is 2. The zero-order chi connectivity index (χ0) is 17.6. The van der Waals surface area contributed by atoms with Gasteiger partial charge in [0.1, 0.15) is 5.69 Å². The Morgan fingerprint density at radius 2 is 2.08 bits per heavy atom. The first kappa shape index (κ1) is 17.4. The molecule has 2 aromatic rings. The lowest BCUT2D eigenvalue weighted by atomic mass is 10.2. The van der Waals surface area contributed by atoms with Crippen molar-refractivity contribution < 1.29 is 14.3 Å². The maximum Gasteiger partial charge on any atom is 0.269 e. The van der Waals surface area contributed by atoms with Crippen molar-refractivity contribution in [2.24, 2.45) is 0 Å². The Bertz CT molecular complexity index is 776. The van der Waals surface area contributed by atoms with Gasteiger partial charge < -0.3 is 15.4 Å². The summed E-state index contributed by atoms with van der Waals surface area (Å²) in [5, 5.41) is 5.95. The second-order valence-electron chi connectivity index (χ2n) is 5.71. The molecule has 25 heavy (non-hydrogen) atoms. The van der Waals surface area contributed by atoms with Gasteiger partial charge in [-0.05, 0) is 37.1 Å². The largest absolute Gasteiger partial charge is 0.376 e. The first-order chi connectivity index (χ1) is 12.1. The Morgan fingerprint density at radius 3 is 2.84 bits per heavy atom. The summed E-state index contributed by atoms with van der Waals surface area (Å²) >= 11 is 6.04. The van der Waals surface area contributed by atoms with E-state index in [1.807, 2.05) is 0 Å². The fraction of sp³-hybridized carbons (Fsp3) is 0.278. The van der Waals surface area contributed by atoms with Crippen molar-refractivity contribution in [3.63, 3.8) is 0 Å². The lowest BCUT2D eigenvalue weighted by molar-refractivity contribution is 0.0853. The molecule has 1 aliphatic heterocycles. The van der Waals surface area contributed by atoms with Crippen molar-refractivity contribution in [2.45, 2.75) is 18.9 Å². The van der Waals surface area contributed by atoms with Crippen molar-refractivity contribution in [1.82, 2.24) is 10.3 Å². The van der Waals surface area contributed by atoms with Crippen molar-refractivity contribution in [3.05, 3.63) is 58.9 Å². The third kappa shape index (κ3) is 4.55. The fourth-order valence-electron chi connectivity index (χ4n) is 2.56. The highest BCUT2D eigenvalue weighted by Crippen LogP contribution is 2.21. The number of rotatable bonds is 5. The van der Waals surface area contributed by atoms with Crippen LogP contribution in [0.25, 0.3) is 0 Å². The molecule has 1 atom stereocenters. The van der Waals surface area contributed by atoms with Gasteiger partial charge in [-0.15, -0.1) is 0 Å². The van der Waals surface area contributed by atoms with Crippen LogP contribution in [0.3, 0.4) is 0 Å². The molecular formula is C18H18ClN3O3. The van der Waals surface area contributed by atoms with Crippen molar-refractivity contribution >= 4 is 29.1 Å². The average molecular weight is 360 g/mol. The smallest absolute Gasteiger partial charge is 0.269 e. The molecule has 1 aliphatic rings. The summed E-state index contributed by atoms with van der Waals surface area (Å²) in [7, 11) is 0. The molecule has 0 spiro atoms. The van der Waals surface area contributed by atoms with Crippen LogP contribution in [0.1, 0.15) is 33.7 Å². The molecule has 2 heterocycles. The number of benzene rings is 1. The fourth-order valence-corrected chi connectivity index (χ4v) is 2.74. The number of amides is 2. The molecule has 3 rings (SSSR count). The molecule has 2 N–H and O–H groups in total. The normalized spacial score (nSPS) is 16.4.